The number of hydrogen-bond acceptors (Lipinski definition) is 3. The molecule has 4 nitrogen and oxygen atoms in total. The molecule has 0 aliphatic heterocycles. The minimum absolute atomic E-state index is 0.220. The van der Waals surface area contributed by atoms with Crippen molar-refractivity contribution in [3.8, 4) is 0 Å². The number of hydrogen-bond donors (Lipinski definition) is 1. The van der Waals surface area contributed by atoms with E-state index in [2.05, 4.69) is 5.32 Å². The minimum Gasteiger partial charge on any atom is -0.450 e. The molecule has 13 heavy (non-hydrogen) atoms. The molecule has 0 radical (unpaired) electrons. The van der Waals surface area contributed by atoms with Crippen LogP contribution < -0.4 is 5.32 Å². The summed E-state index contributed by atoms with van der Waals surface area (Å²) in [6.07, 6.45) is -0.220. The number of amides is 1. The SMILES string of the molecule is CCNCCN(CC)C(=O)OCC. The van der Waals surface area contributed by atoms with E-state index in [-0.39, 0.29) is 6.09 Å². The Morgan fingerprint density at radius 2 is 2.08 bits per heavy atom. The summed E-state index contributed by atoms with van der Waals surface area (Å²) in [5.74, 6) is 0. The van der Waals surface area contributed by atoms with Crippen molar-refractivity contribution in [3.05, 3.63) is 0 Å². The lowest BCUT2D eigenvalue weighted by Crippen LogP contribution is -2.37. The summed E-state index contributed by atoms with van der Waals surface area (Å²) in [6.45, 7) is 9.41. The van der Waals surface area contributed by atoms with Gasteiger partial charge in [0.2, 0.25) is 0 Å². The highest BCUT2D eigenvalue weighted by molar-refractivity contribution is 5.67. The lowest BCUT2D eigenvalue weighted by atomic mass is 10.5. The van der Waals surface area contributed by atoms with Gasteiger partial charge in [-0.2, -0.15) is 0 Å². The molecule has 0 fully saturated rings. The van der Waals surface area contributed by atoms with Crippen LogP contribution in [0.5, 0.6) is 0 Å². The van der Waals surface area contributed by atoms with Gasteiger partial charge in [0.05, 0.1) is 6.61 Å². The molecule has 0 saturated carbocycles. The normalized spacial score (nSPS) is 9.77. The number of carbonyl (C=O) groups excluding carboxylic acids is 1. The van der Waals surface area contributed by atoms with Crippen LogP contribution in [0.3, 0.4) is 0 Å². The van der Waals surface area contributed by atoms with Crippen LogP contribution in [0.15, 0.2) is 0 Å². The van der Waals surface area contributed by atoms with Gasteiger partial charge in [-0.15, -0.1) is 0 Å². The number of rotatable bonds is 6. The number of carbonyl (C=O) groups is 1. The van der Waals surface area contributed by atoms with Crippen molar-refractivity contribution < 1.29 is 9.53 Å². The third-order valence-corrected chi connectivity index (χ3v) is 1.72. The standard InChI is InChI=1S/C9H20N2O2/c1-4-10-7-8-11(5-2)9(12)13-6-3/h10H,4-8H2,1-3H3. The molecule has 0 aliphatic carbocycles. The maximum Gasteiger partial charge on any atom is 0.409 e. The van der Waals surface area contributed by atoms with Crippen LogP contribution in [-0.4, -0.2) is 43.8 Å². The first kappa shape index (κ1) is 12.2. The Morgan fingerprint density at radius 3 is 2.54 bits per heavy atom. The molecule has 1 amide bonds. The molecular formula is C9H20N2O2. The van der Waals surface area contributed by atoms with E-state index in [1.807, 2.05) is 20.8 Å². The largest absolute Gasteiger partial charge is 0.450 e. The molecule has 0 aromatic carbocycles. The van der Waals surface area contributed by atoms with Gasteiger partial charge in [-0.1, -0.05) is 6.92 Å². The molecule has 0 aromatic heterocycles. The van der Waals surface area contributed by atoms with E-state index in [0.29, 0.717) is 19.7 Å². The van der Waals surface area contributed by atoms with Gasteiger partial charge in [0, 0.05) is 19.6 Å². The Bertz CT molecular complexity index is 140. The minimum atomic E-state index is -0.220. The molecular weight excluding hydrogens is 168 g/mol. The molecule has 0 aliphatic rings. The van der Waals surface area contributed by atoms with Gasteiger partial charge in [0.1, 0.15) is 0 Å². The lowest BCUT2D eigenvalue weighted by Gasteiger charge is -2.19. The molecule has 0 heterocycles. The molecule has 0 saturated heterocycles. The summed E-state index contributed by atoms with van der Waals surface area (Å²) in [6, 6.07) is 0. The first-order valence-corrected chi connectivity index (χ1v) is 4.88. The van der Waals surface area contributed by atoms with Crippen molar-refractivity contribution in [2.75, 3.05) is 32.8 Å². The first-order chi connectivity index (χ1) is 6.26. The molecule has 0 atom stereocenters. The van der Waals surface area contributed by atoms with E-state index < -0.39 is 0 Å². The summed E-state index contributed by atoms with van der Waals surface area (Å²) >= 11 is 0. The van der Waals surface area contributed by atoms with Gasteiger partial charge >= 0.3 is 6.09 Å². The van der Waals surface area contributed by atoms with Gasteiger partial charge < -0.3 is 15.0 Å². The fraction of sp³-hybridized carbons (Fsp3) is 0.889. The van der Waals surface area contributed by atoms with Crippen molar-refractivity contribution in [3.63, 3.8) is 0 Å². The van der Waals surface area contributed by atoms with Crippen molar-refractivity contribution in [2.45, 2.75) is 20.8 Å². The van der Waals surface area contributed by atoms with E-state index in [1.54, 1.807) is 4.90 Å². The van der Waals surface area contributed by atoms with Gasteiger partial charge in [-0.3, -0.25) is 0 Å². The average molecular weight is 188 g/mol. The highest BCUT2D eigenvalue weighted by Crippen LogP contribution is 1.92. The summed E-state index contributed by atoms with van der Waals surface area (Å²) in [7, 11) is 0. The van der Waals surface area contributed by atoms with Crippen molar-refractivity contribution in [1.29, 1.82) is 0 Å². The Hall–Kier alpha value is -0.770. The molecule has 0 bridgehead atoms. The molecule has 0 spiro atoms. The maximum atomic E-state index is 11.2. The van der Waals surface area contributed by atoms with E-state index in [1.165, 1.54) is 0 Å². The monoisotopic (exact) mass is 188 g/mol. The summed E-state index contributed by atoms with van der Waals surface area (Å²) in [4.78, 5) is 12.9. The Balaban J connectivity index is 3.67. The van der Waals surface area contributed by atoms with Crippen LogP contribution in [0.25, 0.3) is 0 Å². The van der Waals surface area contributed by atoms with Crippen LogP contribution in [0.4, 0.5) is 4.79 Å². The van der Waals surface area contributed by atoms with Crippen LogP contribution in [-0.2, 0) is 4.74 Å². The van der Waals surface area contributed by atoms with Crippen LogP contribution in [0, 0.1) is 0 Å². The fourth-order valence-electron chi connectivity index (χ4n) is 0.984. The number of nitrogens with one attached hydrogen (secondary N) is 1. The zero-order valence-corrected chi connectivity index (χ0v) is 8.80. The van der Waals surface area contributed by atoms with E-state index in [4.69, 9.17) is 4.74 Å². The molecule has 78 valence electrons. The van der Waals surface area contributed by atoms with Gasteiger partial charge in [0.15, 0.2) is 0 Å². The highest BCUT2D eigenvalue weighted by Gasteiger charge is 2.10. The van der Waals surface area contributed by atoms with Crippen molar-refractivity contribution >= 4 is 6.09 Å². The molecule has 0 aromatic rings. The number of nitrogens with zero attached hydrogens (tertiary/aromatic N) is 1. The summed E-state index contributed by atoms with van der Waals surface area (Å²) in [5.41, 5.74) is 0. The smallest absolute Gasteiger partial charge is 0.409 e. The second kappa shape index (κ2) is 7.86. The predicted octanol–water partition coefficient (Wildman–Crippen LogP) is 1.07. The fourth-order valence-corrected chi connectivity index (χ4v) is 0.984. The maximum absolute atomic E-state index is 11.2. The van der Waals surface area contributed by atoms with E-state index >= 15 is 0 Å². The van der Waals surface area contributed by atoms with Crippen LogP contribution >= 0.6 is 0 Å². The lowest BCUT2D eigenvalue weighted by molar-refractivity contribution is 0.109. The third-order valence-electron chi connectivity index (χ3n) is 1.72. The zero-order valence-electron chi connectivity index (χ0n) is 8.80. The molecule has 1 N–H and O–H groups in total. The third kappa shape index (κ3) is 5.47. The second-order valence-corrected chi connectivity index (χ2v) is 2.63. The highest BCUT2D eigenvalue weighted by atomic mass is 16.6. The second-order valence-electron chi connectivity index (χ2n) is 2.63. The first-order valence-electron chi connectivity index (χ1n) is 4.88. The average Bonchev–Trinajstić information content (AvgIpc) is 2.13. The summed E-state index contributed by atoms with van der Waals surface area (Å²) in [5, 5.41) is 3.16. The predicted molar refractivity (Wildman–Crippen MR) is 52.8 cm³/mol. The summed E-state index contributed by atoms with van der Waals surface area (Å²) < 4.78 is 4.88. The molecule has 0 rings (SSSR count). The Morgan fingerprint density at radius 1 is 1.38 bits per heavy atom. The number of likely N-dealkylation sites (N-methyl/N-ethyl adjacent to an activating group) is 2. The van der Waals surface area contributed by atoms with Crippen molar-refractivity contribution in [2.24, 2.45) is 0 Å². The quantitative estimate of drug-likeness (QED) is 0.634. The van der Waals surface area contributed by atoms with Crippen molar-refractivity contribution in [1.82, 2.24) is 10.2 Å². The molecule has 4 heteroatoms. The number of ether oxygens (including phenoxy) is 1. The topological polar surface area (TPSA) is 41.6 Å². The zero-order chi connectivity index (χ0) is 10.1. The Labute approximate surface area is 80.2 Å². The van der Waals surface area contributed by atoms with Gasteiger partial charge in [-0.25, -0.2) is 4.79 Å². The molecule has 0 unspecified atom stereocenters. The van der Waals surface area contributed by atoms with E-state index in [9.17, 15) is 4.79 Å². The van der Waals surface area contributed by atoms with Gasteiger partial charge in [0.25, 0.3) is 0 Å². The van der Waals surface area contributed by atoms with E-state index in [0.717, 1.165) is 13.1 Å². The van der Waals surface area contributed by atoms with Crippen LogP contribution in [0.2, 0.25) is 0 Å². The van der Waals surface area contributed by atoms with Gasteiger partial charge in [-0.05, 0) is 20.4 Å². The Kier molecular flexibility index (Phi) is 7.39. The van der Waals surface area contributed by atoms with Crippen LogP contribution in [0.1, 0.15) is 20.8 Å².